The number of hydrogen-bond acceptors (Lipinski definition) is 3. The number of aromatic nitrogens is 3. The highest BCUT2D eigenvalue weighted by molar-refractivity contribution is 5.23. The maximum absolute atomic E-state index is 11.2. The first-order valence-electron chi connectivity index (χ1n) is 5.12. The van der Waals surface area contributed by atoms with E-state index in [4.69, 9.17) is 0 Å². The second-order valence-corrected chi connectivity index (χ2v) is 3.48. The number of imidazole rings is 1. The summed E-state index contributed by atoms with van der Waals surface area (Å²) in [7, 11) is 0. The van der Waals surface area contributed by atoms with Crippen LogP contribution in [-0.2, 0) is 6.42 Å². The summed E-state index contributed by atoms with van der Waals surface area (Å²) < 4.78 is 0. The van der Waals surface area contributed by atoms with Gasteiger partial charge in [-0.15, -0.1) is 0 Å². The number of rotatable bonds is 3. The lowest BCUT2D eigenvalue weighted by molar-refractivity contribution is 0.209. The van der Waals surface area contributed by atoms with Gasteiger partial charge in [-0.1, -0.05) is 13.0 Å². The van der Waals surface area contributed by atoms with E-state index in [1.54, 1.807) is 24.4 Å². The van der Waals surface area contributed by atoms with E-state index in [1.807, 2.05) is 6.92 Å². The van der Waals surface area contributed by atoms with E-state index < -0.39 is 6.10 Å². The number of aryl methyl sites for hydroxylation is 1. The second kappa shape index (κ2) is 4.32. The average Bonchev–Trinajstić information content (AvgIpc) is 2.70. The van der Waals surface area contributed by atoms with Gasteiger partial charge in [-0.05, 0) is 18.6 Å². The van der Waals surface area contributed by atoms with Gasteiger partial charge < -0.3 is 15.1 Å². The molecule has 0 aliphatic carbocycles. The number of aromatic amines is 2. The molecule has 84 valence electrons. The van der Waals surface area contributed by atoms with E-state index in [1.165, 1.54) is 0 Å². The Kier molecular flexibility index (Phi) is 2.87. The maximum atomic E-state index is 11.2. The zero-order valence-electron chi connectivity index (χ0n) is 8.90. The van der Waals surface area contributed by atoms with Crippen LogP contribution in [0.15, 0.2) is 29.2 Å². The summed E-state index contributed by atoms with van der Waals surface area (Å²) in [6, 6.07) is 5.29. The lowest BCUT2D eigenvalue weighted by Crippen LogP contribution is -2.06. The van der Waals surface area contributed by atoms with Gasteiger partial charge in [-0.25, -0.2) is 4.79 Å². The minimum absolute atomic E-state index is 0.304. The van der Waals surface area contributed by atoms with Gasteiger partial charge in [0.25, 0.3) is 0 Å². The predicted octanol–water partition coefficient (Wildman–Crippen LogP) is 0.742. The highest BCUT2D eigenvalue weighted by Gasteiger charge is 2.17. The molecule has 0 saturated carbocycles. The third-order valence-corrected chi connectivity index (χ3v) is 2.43. The van der Waals surface area contributed by atoms with Gasteiger partial charge in [0.15, 0.2) is 0 Å². The van der Waals surface area contributed by atoms with Crippen LogP contribution in [-0.4, -0.2) is 20.1 Å². The molecule has 5 nitrogen and oxygen atoms in total. The largest absolute Gasteiger partial charge is 0.380 e. The van der Waals surface area contributed by atoms with Crippen molar-refractivity contribution in [2.45, 2.75) is 19.4 Å². The molecule has 0 fully saturated rings. The first-order valence-corrected chi connectivity index (χ1v) is 5.12. The highest BCUT2D eigenvalue weighted by Crippen LogP contribution is 2.19. The van der Waals surface area contributed by atoms with Crippen LogP contribution in [0.4, 0.5) is 0 Å². The molecule has 5 heteroatoms. The summed E-state index contributed by atoms with van der Waals surface area (Å²) in [6.45, 7) is 1.91. The highest BCUT2D eigenvalue weighted by atomic mass is 16.3. The van der Waals surface area contributed by atoms with Gasteiger partial charge in [0.05, 0.1) is 11.4 Å². The van der Waals surface area contributed by atoms with Crippen molar-refractivity contribution in [2.24, 2.45) is 0 Å². The minimum Gasteiger partial charge on any atom is -0.380 e. The van der Waals surface area contributed by atoms with E-state index in [-0.39, 0.29) is 5.69 Å². The molecule has 0 radical (unpaired) electrons. The number of aliphatic hydroxyl groups is 1. The molecule has 0 aliphatic rings. The molecule has 2 heterocycles. The molecule has 1 atom stereocenters. The van der Waals surface area contributed by atoms with Crippen LogP contribution in [0.2, 0.25) is 0 Å². The van der Waals surface area contributed by atoms with Crippen molar-refractivity contribution in [3.63, 3.8) is 0 Å². The summed E-state index contributed by atoms with van der Waals surface area (Å²) in [4.78, 5) is 20.5. The van der Waals surface area contributed by atoms with Crippen LogP contribution in [0.5, 0.6) is 0 Å². The molecule has 0 aliphatic heterocycles. The predicted molar refractivity (Wildman–Crippen MR) is 59.1 cm³/mol. The molecule has 0 bridgehead atoms. The standard InChI is InChI=1S/C11H13N3O2/c1-2-7-9(14-11(16)13-7)10(15)8-5-3-4-6-12-8/h3-6,10,15H,2H2,1H3,(H2,13,14,16). The Morgan fingerprint density at radius 2 is 2.25 bits per heavy atom. The summed E-state index contributed by atoms with van der Waals surface area (Å²) in [5.41, 5.74) is 1.42. The Bertz CT molecular complexity index is 516. The molecule has 16 heavy (non-hydrogen) atoms. The monoisotopic (exact) mass is 219 g/mol. The Hall–Kier alpha value is -1.88. The third kappa shape index (κ3) is 1.90. The molecule has 2 aromatic rings. The second-order valence-electron chi connectivity index (χ2n) is 3.48. The summed E-state index contributed by atoms with van der Waals surface area (Å²) in [6.07, 6.45) is 1.36. The number of hydrogen-bond donors (Lipinski definition) is 3. The van der Waals surface area contributed by atoms with E-state index in [0.29, 0.717) is 23.5 Å². The zero-order valence-corrected chi connectivity index (χ0v) is 8.90. The van der Waals surface area contributed by atoms with Crippen molar-refractivity contribution in [3.05, 3.63) is 52.0 Å². The van der Waals surface area contributed by atoms with Crippen LogP contribution in [0.25, 0.3) is 0 Å². The van der Waals surface area contributed by atoms with Gasteiger partial charge in [0.1, 0.15) is 6.10 Å². The Labute approximate surface area is 92.2 Å². The van der Waals surface area contributed by atoms with E-state index >= 15 is 0 Å². The molecule has 0 aromatic carbocycles. The summed E-state index contributed by atoms with van der Waals surface area (Å²) in [5, 5.41) is 10.1. The fourth-order valence-electron chi connectivity index (χ4n) is 1.63. The Balaban J connectivity index is 2.41. The van der Waals surface area contributed by atoms with Crippen molar-refractivity contribution < 1.29 is 5.11 Å². The number of H-pyrrole nitrogens is 2. The molecule has 1 unspecified atom stereocenters. The minimum atomic E-state index is -0.893. The summed E-state index contributed by atoms with van der Waals surface area (Å²) in [5.74, 6) is 0. The van der Waals surface area contributed by atoms with E-state index in [0.717, 1.165) is 0 Å². The quantitative estimate of drug-likeness (QED) is 0.712. The lowest BCUT2D eigenvalue weighted by atomic mass is 10.1. The lowest BCUT2D eigenvalue weighted by Gasteiger charge is -2.09. The molecule has 0 amide bonds. The smallest absolute Gasteiger partial charge is 0.323 e. The van der Waals surface area contributed by atoms with Crippen molar-refractivity contribution in [1.82, 2.24) is 15.0 Å². The fraction of sp³-hybridized carbons (Fsp3) is 0.273. The average molecular weight is 219 g/mol. The molecule has 0 spiro atoms. The van der Waals surface area contributed by atoms with Crippen molar-refractivity contribution in [2.75, 3.05) is 0 Å². The number of nitrogens with zero attached hydrogens (tertiary/aromatic N) is 1. The van der Waals surface area contributed by atoms with E-state index in [9.17, 15) is 9.90 Å². The zero-order chi connectivity index (χ0) is 11.5. The maximum Gasteiger partial charge on any atom is 0.323 e. The van der Waals surface area contributed by atoms with Crippen LogP contribution >= 0.6 is 0 Å². The van der Waals surface area contributed by atoms with Crippen LogP contribution in [0.3, 0.4) is 0 Å². The van der Waals surface area contributed by atoms with Crippen molar-refractivity contribution in [1.29, 1.82) is 0 Å². The van der Waals surface area contributed by atoms with Gasteiger partial charge in [0, 0.05) is 11.9 Å². The Morgan fingerprint density at radius 3 is 2.88 bits per heavy atom. The topological polar surface area (TPSA) is 81.8 Å². The number of nitrogens with one attached hydrogen (secondary N) is 2. The summed E-state index contributed by atoms with van der Waals surface area (Å²) >= 11 is 0. The van der Waals surface area contributed by atoms with Gasteiger partial charge in [-0.2, -0.15) is 0 Å². The molecule has 3 N–H and O–H groups in total. The molecular formula is C11H13N3O2. The van der Waals surface area contributed by atoms with Crippen LogP contribution in [0, 0.1) is 0 Å². The first-order chi connectivity index (χ1) is 7.72. The first kappa shape index (κ1) is 10.6. The molecule has 2 aromatic heterocycles. The molecular weight excluding hydrogens is 206 g/mol. The number of aliphatic hydroxyl groups excluding tert-OH is 1. The Morgan fingerprint density at radius 1 is 1.44 bits per heavy atom. The van der Waals surface area contributed by atoms with Gasteiger partial charge in [0.2, 0.25) is 0 Å². The fourth-order valence-corrected chi connectivity index (χ4v) is 1.63. The van der Waals surface area contributed by atoms with Crippen LogP contribution in [0.1, 0.15) is 30.1 Å². The van der Waals surface area contributed by atoms with Crippen LogP contribution < -0.4 is 5.69 Å². The normalized spacial score (nSPS) is 12.6. The van der Waals surface area contributed by atoms with Gasteiger partial charge >= 0.3 is 5.69 Å². The number of pyridine rings is 1. The SMILES string of the molecule is CCc1[nH]c(=O)[nH]c1C(O)c1ccccn1. The van der Waals surface area contributed by atoms with E-state index in [2.05, 4.69) is 15.0 Å². The van der Waals surface area contributed by atoms with Crippen molar-refractivity contribution >= 4 is 0 Å². The van der Waals surface area contributed by atoms with Gasteiger partial charge in [-0.3, -0.25) is 4.98 Å². The molecule has 2 rings (SSSR count). The molecule has 0 saturated heterocycles. The third-order valence-electron chi connectivity index (χ3n) is 2.43. The van der Waals surface area contributed by atoms with Crippen molar-refractivity contribution in [3.8, 4) is 0 Å².